The second-order valence-electron chi connectivity index (χ2n) is 4.76. The van der Waals surface area contributed by atoms with Crippen molar-refractivity contribution >= 4 is 16.5 Å². The molecular weight excluding hydrogens is 246 g/mol. The van der Waals surface area contributed by atoms with Gasteiger partial charge in [0.05, 0.1) is 6.61 Å². The average Bonchev–Trinajstić information content (AvgIpc) is 2.90. The van der Waals surface area contributed by atoms with Gasteiger partial charge in [-0.15, -0.1) is 0 Å². The number of hydrogen-bond acceptors (Lipinski definition) is 3. The summed E-state index contributed by atoms with van der Waals surface area (Å²) in [5.74, 6) is 1.59. The summed E-state index contributed by atoms with van der Waals surface area (Å²) >= 11 is 0. The molecule has 100 valence electrons. The zero-order chi connectivity index (χ0) is 12.8. The lowest BCUT2D eigenvalue weighted by atomic mass is 10.3. The van der Waals surface area contributed by atoms with Crippen LogP contribution in [0.3, 0.4) is 0 Å². The molecule has 2 rings (SSSR count). The summed E-state index contributed by atoms with van der Waals surface area (Å²) in [7, 11) is -0.657. The Labute approximate surface area is 111 Å². The maximum absolute atomic E-state index is 11.9. The highest BCUT2D eigenvalue weighted by Crippen LogP contribution is 2.23. The molecule has 0 amide bonds. The van der Waals surface area contributed by atoms with Gasteiger partial charge < -0.3 is 10.5 Å². The molecule has 0 saturated heterocycles. The molecule has 4 heteroatoms. The molecule has 18 heavy (non-hydrogen) atoms. The van der Waals surface area contributed by atoms with Crippen molar-refractivity contribution in [2.45, 2.75) is 37.4 Å². The zero-order valence-corrected chi connectivity index (χ0v) is 11.5. The molecule has 1 atom stereocenters. The van der Waals surface area contributed by atoms with Crippen LogP contribution < -0.4 is 10.5 Å². The lowest BCUT2D eigenvalue weighted by Crippen LogP contribution is -2.15. The van der Waals surface area contributed by atoms with Crippen LogP contribution in [0.15, 0.2) is 24.3 Å². The van der Waals surface area contributed by atoms with E-state index in [1.54, 1.807) is 0 Å². The molecule has 1 aromatic rings. The normalized spacial score (nSPS) is 17.8. The maximum Gasteiger partial charge on any atom is 0.119 e. The quantitative estimate of drug-likeness (QED) is 0.637. The average molecular weight is 267 g/mol. The molecule has 0 radical (unpaired) electrons. The topological polar surface area (TPSA) is 52.3 Å². The van der Waals surface area contributed by atoms with Gasteiger partial charge in [-0.3, -0.25) is 4.21 Å². The minimum Gasteiger partial charge on any atom is -0.494 e. The molecule has 3 nitrogen and oxygen atoms in total. The summed E-state index contributed by atoms with van der Waals surface area (Å²) in [4.78, 5) is 0. The Bertz CT molecular complexity index is 385. The van der Waals surface area contributed by atoms with Crippen LogP contribution in [0.25, 0.3) is 0 Å². The van der Waals surface area contributed by atoms with E-state index in [9.17, 15) is 4.21 Å². The lowest BCUT2D eigenvalue weighted by molar-refractivity contribution is 0.318. The largest absolute Gasteiger partial charge is 0.494 e. The van der Waals surface area contributed by atoms with E-state index in [0.29, 0.717) is 11.9 Å². The Hall–Kier alpha value is -1.03. The molecule has 1 aliphatic rings. The third-order valence-electron chi connectivity index (χ3n) is 3.31. The van der Waals surface area contributed by atoms with Crippen molar-refractivity contribution < 1.29 is 8.95 Å². The first-order valence-corrected chi connectivity index (χ1v) is 7.99. The summed E-state index contributed by atoms with van der Waals surface area (Å²) in [6.07, 6.45) is 5.64. The Balaban J connectivity index is 1.63. The molecule has 1 aromatic carbocycles. The van der Waals surface area contributed by atoms with Crippen molar-refractivity contribution in [3.05, 3.63) is 24.3 Å². The van der Waals surface area contributed by atoms with Gasteiger partial charge in [0, 0.05) is 27.5 Å². The van der Waals surface area contributed by atoms with Gasteiger partial charge in [-0.2, -0.15) is 0 Å². The first kappa shape index (κ1) is 13.4. The van der Waals surface area contributed by atoms with E-state index in [0.717, 1.165) is 36.5 Å². The van der Waals surface area contributed by atoms with Gasteiger partial charge in [0.1, 0.15) is 5.75 Å². The summed E-state index contributed by atoms with van der Waals surface area (Å²) in [6, 6.07) is 7.38. The molecule has 1 fully saturated rings. The van der Waals surface area contributed by atoms with Gasteiger partial charge >= 0.3 is 0 Å². The van der Waals surface area contributed by atoms with Crippen molar-refractivity contribution in [2.75, 3.05) is 18.1 Å². The standard InChI is InChI=1S/C14H21NO2S/c15-12-6-8-13(9-7-12)17-10-3-11-18(16)14-4-1-2-5-14/h6-9,14H,1-5,10-11,15H2. The fourth-order valence-corrected chi connectivity index (χ4v) is 3.87. The van der Waals surface area contributed by atoms with E-state index < -0.39 is 10.8 Å². The Morgan fingerprint density at radius 1 is 1.22 bits per heavy atom. The summed E-state index contributed by atoms with van der Waals surface area (Å²) < 4.78 is 17.5. The van der Waals surface area contributed by atoms with Gasteiger partial charge in [0.2, 0.25) is 0 Å². The van der Waals surface area contributed by atoms with Gasteiger partial charge in [0.25, 0.3) is 0 Å². The molecule has 1 unspecified atom stereocenters. The predicted octanol–water partition coefficient (Wildman–Crippen LogP) is 2.73. The number of benzene rings is 1. The first-order chi connectivity index (χ1) is 8.75. The van der Waals surface area contributed by atoms with Gasteiger partial charge in [-0.05, 0) is 43.5 Å². The van der Waals surface area contributed by atoms with E-state index in [1.807, 2.05) is 24.3 Å². The molecule has 1 aliphatic carbocycles. The molecule has 0 aliphatic heterocycles. The highest BCUT2D eigenvalue weighted by molar-refractivity contribution is 7.85. The van der Waals surface area contributed by atoms with Crippen LogP contribution in [-0.2, 0) is 10.8 Å². The fraction of sp³-hybridized carbons (Fsp3) is 0.571. The third kappa shape index (κ3) is 4.02. The van der Waals surface area contributed by atoms with E-state index >= 15 is 0 Å². The van der Waals surface area contributed by atoms with Crippen LogP contribution >= 0.6 is 0 Å². The van der Waals surface area contributed by atoms with E-state index in [2.05, 4.69) is 0 Å². The molecule has 0 aromatic heterocycles. The highest BCUT2D eigenvalue weighted by atomic mass is 32.2. The van der Waals surface area contributed by atoms with Crippen molar-refractivity contribution in [2.24, 2.45) is 0 Å². The number of nitrogen functional groups attached to an aromatic ring is 1. The number of hydrogen-bond donors (Lipinski definition) is 1. The van der Waals surface area contributed by atoms with Crippen LogP contribution in [0, 0.1) is 0 Å². The minimum absolute atomic E-state index is 0.446. The zero-order valence-electron chi connectivity index (χ0n) is 10.6. The molecule has 0 spiro atoms. The van der Waals surface area contributed by atoms with Crippen LogP contribution in [0.4, 0.5) is 5.69 Å². The Morgan fingerprint density at radius 2 is 1.89 bits per heavy atom. The minimum atomic E-state index is -0.657. The van der Waals surface area contributed by atoms with E-state index in [-0.39, 0.29) is 0 Å². The highest BCUT2D eigenvalue weighted by Gasteiger charge is 2.20. The molecule has 0 heterocycles. The van der Waals surface area contributed by atoms with E-state index in [4.69, 9.17) is 10.5 Å². The number of rotatable bonds is 6. The molecule has 1 saturated carbocycles. The molecule has 2 N–H and O–H groups in total. The smallest absolute Gasteiger partial charge is 0.119 e. The van der Waals surface area contributed by atoms with Crippen molar-refractivity contribution in [3.8, 4) is 5.75 Å². The Morgan fingerprint density at radius 3 is 2.56 bits per heavy atom. The Kier molecular flexibility index (Phi) is 5.05. The lowest BCUT2D eigenvalue weighted by Gasteiger charge is -2.09. The number of ether oxygens (including phenoxy) is 1. The van der Waals surface area contributed by atoms with Crippen LogP contribution in [-0.4, -0.2) is 21.8 Å². The van der Waals surface area contributed by atoms with Gasteiger partial charge in [-0.25, -0.2) is 0 Å². The van der Waals surface area contributed by atoms with Gasteiger partial charge in [0.15, 0.2) is 0 Å². The SMILES string of the molecule is Nc1ccc(OCCCS(=O)C2CCCC2)cc1. The maximum atomic E-state index is 11.9. The first-order valence-electron chi connectivity index (χ1n) is 6.61. The summed E-state index contributed by atoms with van der Waals surface area (Å²) in [5.41, 5.74) is 6.34. The second kappa shape index (κ2) is 6.78. The third-order valence-corrected chi connectivity index (χ3v) is 5.22. The monoisotopic (exact) mass is 267 g/mol. The van der Waals surface area contributed by atoms with Gasteiger partial charge in [-0.1, -0.05) is 12.8 Å². The van der Waals surface area contributed by atoms with Crippen molar-refractivity contribution in [1.29, 1.82) is 0 Å². The van der Waals surface area contributed by atoms with Crippen LogP contribution in [0.5, 0.6) is 5.75 Å². The molecular formula is C14H21NO2S. The van der Waals surface area contributed by atoms with Crippen LogP contribution in [0.1, 0.15) is 32.1 Å². The fourth-order valence-electron chi connectivity index (χ4n) is 2.27. The summed E-state index contributed by atoms with van der Waals surface area (Å²) in [6.45, 7) is 0.627. The summed E-state index contributed by atoms with van der Waals surface area (Å²) in [5, 5.41) is 0.446. The van der Waals surface area contributed by atoms with Crippen LogP contribution in [0.2, 0.25) is 0 Å². The number of nitrogens with two attached hydrogens (primary N) is 1. The predicted molar refractivity (Wildman–Crippen MR) is 76.2 cm³/mol. The second-order valence-corrected chi connectivity index (χ2v) is 6.60. The molecule has 0 bridgehead atoms. The number of anilines is 1. The van der Waals surface area contributed by atoms with Crippen molar-refractivity contribution in [3.63, 3.8) is 0 Å². The van der Waals surface area contributed by atoms with Crippen molar-refractivity contribution in [1.82, 2.24) is 0 Å². The van der Waals surface area contributed by atoms with E-state index in [1.165, 1.54) is 12.8 Å².